The Bertz CT molecular complexity index is 848. The fourth-order valence-corrected chi connectivity index (χ4v) is 5.44. The smallest absolute Gasteiger partial charge is 0.264 e. The Kier molecular flexibility index (Phi) is 7.42. The molecule has 1 saturated carbocycles. The molecule has 28 heavy (non-hydrogen) atoms. The van der Waals surface area contributed by atoms with Gasteiger partial charge in [0.2, 0.25) is 0 Å². The molecule has 1 atom stereocenters. The molecular weight excluding hydrogens is 427 g/mol. The van der Waals surface area contributed by atoms with Crippen molar-refractivity contribution in [3.8, 4) is 5.75 Å². The molecule has 3 N–H and O–H groups in total. The van der Waals surface area contributed by atoms with E-state index in [1.807, 2.05) is 6.92 Å². The van der Waals surface area contributed by atoms with E-state index >= 15 is 0 Å². The first-order valence-electron chi connectivity index (χ1n) is 9.27. The SMILES string of the molecule is CC1(C2CCCC2)Cc2cc(OCCCCS(=O)(=O)O)c(Cl)c(Cl)c2C1=O.O. The van der Waals surface area contributed by atoms with E-state index in [1.54, 1.807) is 6.07 Å². The highest BCUT2D eigenvalue weighted by atomic mass is 35.5. The van der Waals surface area contributed by atoms with Gasteiger partial charge in [-0.05, 0) is 49.7 Å². The molecule has 1 fully saturated rings. The average molecular weight is 453 g/mol. The van der Waals surface area contributed by atoms with Crippen LogP contribution in [0.4, 0.5) is 0 Å². The third-order valence-electron chi connectivity index (χ3n) is 5.87. The van der Waals surface area contributed by atoms with Crippen LogP contribution in [0.1, 0.15) is 61.4 Å². The number of carbonyl (C=O) groups is 1. The molecule has 2 aliphatic rings. The van der Waals surface area contributed by atoms with Gasteiger partial charge in [0, 0.05) is 11.0 Å². The predicted molar refractivity (Wildman–Crippen MR) is 109 cm³/mol. The summed E-state index contributed by atoms with van der Waals surface area (Å²) >= 11 is 12.8. The predicted octanol–water partition coefficient (Wildman–Crippen LogP) is 4.15. The molecule has 1 aromatic carbocycles. The van der Waals surface area contributed by atoms with Crippen LogP contribution in [0, 0.1) is 11.3 Å². The first kappa shape index (κ1) is 23.4. The summed E-state index contributed by atoms with van der Waals surface area (Å²) < 4.78 is 35.9. The van der Waals surface area contributed by atoms with E-state index in [0.717, 1.165) is 31.2 Å². The summed E-state index contributed by atoms with van der Waals surface area (Å²) in [5.41, 5.74) is 0.964. The molecule has 2 aliphatic carbocycles. The zero-order chi connectivity index (χ0) is 19.8. The summed E-state index contributed by atoms with van der Waals surface area (Å²) in [6.45, 7) is 2.28. The summed E-state index contributed by atoms with van der Waals surface area (Å²) in [6.07, 6.45) is 5.84. The van der Waals surface area contributed by atoms with E-state index in [0.29, 0.717) is 30.1 Å². The van der Waals surface area contributed by atoms with Gasteiger partial charge in [-0.3, -0.25) is 9.35 Å². The standard InChI is InChI=1S/C19H24Cl2O5S.H2O/c1-19(13-6-2-3-7-13)11-12-10-14(16(20)17(21)15(12)18(19)22)26-8-4-5-9-27(23,24)25;/h10,13H,2-9,11H2,1H3,(H,23,24,25);1H2. The lowest BCUT2D eigenvalue weighted by atomic mass is 9.73. The van der Waals surface area contributed by atoms with E-state index < -0.39 is 15.5 Å². The number of ether oxygens (including phenoxy) is 1. The number of hydrogen-bond acceptors (Lipinski definition) is 4. The van der Waals surface area contributed by atoms with Gasteiger partial charge in [0.05, 0.1) is 17.4 Å². The van der Waals surface area contributed by atoms with E-state index in [4.69, 9.17) is 32.5 Å². The second-order valence-electron chi connectivity index (χ2n) is 7.78. The van der Waals surface area contributed by atoms with Crippen LogP contribution >= 0.6 is 23.2 Å². The molecule has 6 nitrogen and oxygen atoms in total. The number of unbranched alkanes of at least 4 members (excludes halogenated alkanes) is 1. The lowest BCUT2D eigenvalue weighted by Gasteiger charge is -2.29. The maximum atomic E-state index is 13.1. The van der Waals surface area contributed by atoms with Crippen molar-refractivity contribution in [3.05, 3.63) is 27.2 Å². The van der Waals surface area contributed by atoms with Crippen LogP contribution in [-0.2, 0) is 16.5 Å². The molecule has 0 aliphatic heterocycles. The number of rotatable bonds is 7. The molecule has 0 amide bonds. The second-order valence-corrected chi connectivity index (χ2v) is 10.1. The van der Waals surface area contributed by atoms with Gasteiger partial charge < -0.3 is 10.2 Å². The molecule has 0 heterocycles. The van der Waals surface area contributed by atoms with Crippen molar-refractivity contribution in [3.63, 3.8) is 0 Å². The molecule has 158 valence electrons. The molecule has 9 heteroatoms. The molecule has 0 bridgehead atoms. The van der Waals surface area contributed by atoms with Gasteiger partial charge in [-0.2, -0.15) is 8.42 Å². The first-order valence-corrected chi connectivity index (χ1v) is 11.6. The molecule has 1 aromatic rings. The number of fused-ring (bicyclic) bond motifs is 1. The molecule has 0 spiro atoms. The minimum atomic E-state index is -3.96. The van der Waals surface area contributed by atoms with Crippen molar-refractivity contribution in [2.45, 2.75) is 51.9 Å². The molecule has 0 radical (unpaired) electrons. The zero-order valence-electron chi connectivity index (χ0n) is 15.8. The van der Waals surface area contributed by atoms with E-state index in [1.165, 1.54) is 0 Å². The molecule has 0 saturated heterocycles. The van der Waals surface area contributed by atoms with E-state index in [-0.39, 0.29) is 40.1 Å². The monoisotopic (exact) mass is 452 g/mol. The Morgan fingerprint density at radius 3 is 2.46 bits per heavy atom. The Morgan fingerprint density at radius 2 is 1.86 bits per heavy atom. The summed E-state index contributed by atoms with van der Waals surface area (Å²) in [4.78, 5) is 13.1. The number of halogens is 2. The van der Waals surface area contributed by atoms with Crippen LogP contribution in [-0.4, -0.2) is 36.6 Å². The van der Waals surface area contributed by atoms with Gasteiger partial charge in [0.1, 0.15) is 10.8 Å². The Labute approximate surface area is 175 Å². The topological polar surface area (TPSA) is 112 Å². The highest BCUT2D eigenvalue weighted by Gasteiger charge is 2.49. The fourth-order valence-electron chi connectivity index (χ4n) is 4.37. The lowest BCUT2D eigenvalue weighted by molar-refractivity contribution is 0.0744. The van der Waals surface area contributed by atoms with Crippen LogP contribution in [0.3, 0.4) is 0 Å². The van der Waals surface area contributed by atoms with Crippen LogP contribution in [0.5, 0.6) is 5.75 Å². The second kappa shape index (κ2) is 8.88. The zero-order valence-corrected chi connectivity index (χ0v) is 18.1. The molecule has 1 unspecified atom stereocenters. The van der Waals surface area contributed by atoms with Crippen LogP contribution < -0.4 is 4.74 Å². The minimum absolute atomic E-state index is 0. The molecular formula is C19H26Cl2O6S. The largest absolute Gasteiger partial charge is 0.492 e. The molecule has 3 rings (SSSR count). The Morgan fingerprint density at radius 1 is 1.21 bits per heavy atom. The summed E-state index contributed by atoms with van der Waals surface area (Å²) in [5, 5.41) is 0.461. The van der Waals surface area contributed by atoms with E-state index in [9.17, 15) is 13.2 Å². The van der Waals surface area contributed by atoms with Crippen molar-refractivity contribution in [1.82, 2.24) is 0 Å². The van der Waals surface area contributed by atoms with E-state index in [2.05, 4.69) is 0 Å². The average Bonchev–Trinajstić information content (AvgIpc) is 3.19. The maximum Gasteiger partial charge on any atom is 0.264 e. The third kappa shape index (κ3) is 4.65. The van der Waals surface area contributed by atoms with Gasteiger partial charge in [-0.1, -0.05) is 43.0 Å². The van der Waals surface area contributed by atoms with Crippen LogP contribution in [0.15, 0.2) is 6.07 Å². The highest BCUT2D eigenvalue weighted by Crippen LogP contribution is 2.52. The normalized spacial score (nSPS) is 22.2. The molecule has 0 aromatic heterocycles. The van der Waals surface area contributed by atoms with Gasteiger partial charge in [-0.25, -0.2) is 0 Å². The summed E-state index contributed by atoms with van der Waals surface area (Å²) in [5.74, 6) is 0.562. The maximum absolute atomic E-state index is 13.1. The number of hydrogen-bond donors (Lipinski definition) is 1. The van der Waals surface area contributed by atoms with Crippen molar-refractivity contribution < 1.29 is 28.0 Å². The summed E-state index contributed by atoms with van der Waals surface area (Å²) in [6, 6.07) is 1.80. The lowest BCUT2D eigenvalue weighted by Crippen LogP contribution is -2.32. The van der Waals surface area contributed by atoms with Gasteiger partial charge in [0.15, 0.2) is 5.78 Å². The van der Waals surface area contributed by atoms with Crippen molar-refractivity contribution in [2.75, 3.05) is 12.4 Å². The van der Waals surface area contributed by atoms with Crippen molar-refractivity contribution in [1.29, 1.82) is 0 Å². The Balaban J connectivity index is 0.00000280. The van der Waals surface area contributed by atoms with Crippen molar-refractivity contribution in [2.24, 2.45) is 11.3 Å². The van der Waals surface area contributed by atoms with Crippen LogP contribution in [0.2, 0.25) is 10.0 Å². The third-order valence-corrected chi connectivity index (χ3v) is 7.52. The van der Waals surface area contributed by atoms with Crippen molar-refractivity contribution >= 4 is 39.1 Å². The van der Waals surface area contributed by atoms with Gasteiger partial charge in [0.25, 0.3) is 10.1 Å². The first-order chi connectivity index (χ1) is 12.6. The summed E-state index contributed by atoms with van der Waals surface area (Å²) in [7, 11) is -3.96. The van der Waals surface area contributed by atoms with Crippen LogP contribution in [0.25, 0.3) is 0 Å². The van der Waals surface area contributed by atoms with Gasteiger partial charge in [-0.15, -0.1) is 0 Å². The Hall–Kier alpha value is -0.860. The highest BCUT2D eigenvalue weighted by molar-refractivity contribution is 7.85. The number of ketones is 1. The fraction of sp³-hybridized carbons (Fsp3) is 0.632. The number of carbonyl (C=O) groups excluding carboxylic acids is 1. The number of benzene rings is 1. The number of Topliss-reactive ketones (excluding diaryl/α,β-unsaturated/α-hetero) is 1. The quantitative estimate of drug-likeness (QED) is 0.492. The van der Waals surface area contributed by atoms with Gasteiger partial charge >= 0.3 is 0 Å². The minimum Gasteiger partial charge on any atom is -0.492 e.